The molecule has 1 atom stereocenters. The molecule has 0 bridgehead atoms. The van der Waals surface area contributed by atoms with Gasteiger partial charge in [0.25, 0.3) is 0 Å². The summed E-state index contributed by atoms with van der Waals surface area (Å²) in [5, 5.41) is 3.18. The third-order valence-corrected chi connectivity index (χ3v) is 8.82. The minimum atomic E-state index is -3.79. The summed E-state index contributed by atoms with van der Waals surface area (Å²) in [5.74, 6) is -0.671. The standard InChI is InChI=1S/C31H36BrN3O4S/c1-23-10-8-17-28(18-23)35(40(2,38)39)22-30(36)34(21-25-13-9-14-26(32)19-25)29(20-24-11-4-3-5-12-24)31(37)33-27-15-6-7-16-27/h3-5,8-14,17-19,27,29H,6-7,15-16,20-22H2,1-2H3,(H,33,37). The normalized spacial score (nSPS) is 14.5. The molecule has 0 aliphatic heterocycles. The number of amides is 2. The highest BCUT2D eigenvalue weighted by molar-refractivity contribution is 9.10. The molecule has 0 heterocycles. The van der Waals surface area contributed by atoms with Crippen molar-refractivity contribution in [2.75, 3.05) is 17.1 Å². The van der Waals surface area contributed by atoms with Crippen LogP contribution in [0.15, 0.2) is 83.3 Å². The Morgan fingerprint density at radius 2 is 1.62 bits per heavy atom. The molecule has 9 heteroatoms. The Bertz CT molecular complexity index is 1430. The lowest BCUT2D eigenvalue weighted by Crippen LogP contribution is -2.54. The minimum Gasteiger partial charge on any atom is -0.352 e. The molecule has 1 aliphatic rings. The van der Waals surface area contributed by atoms with Crippen LogP contribution >= 0.6 is 15.9 Å². The Kier molecular flexibility index (Phi) is 10.0. The van der Waals surface area contributed by atoms with Gasteiger partial charge in [-0.25, -0.2) is 8.42 Å². The Balaban J connectivity index is 1.72. The molecule has 0 radical (unpaired) electrons. The van der Waals surface area contributed by atoms with Gasteiger partial charge < -0.3 is 10.2 Å². The molecule has 0 spiro atoms. The highest BCUT2D eigenvalue weighted by Gasteiger charge is 2.34. The molecule has 212 valence electrons. The van der Waals surface area contributed by atoms with Gasteiger partial charge in [0, 0.05) is 23.5 Å². The van der Waals surface area contributed by atoms with Crippen LogP contribution in [-0.2, 0) is 32.6 Å². The fourth-order valence-electron chi connectivity index (χ4n) is 5.15. The maximum atomic E-state index is 14.1. The summed E-state index contributed by atoms with van der Waals surface area (Å²) in [5.41, 5.74) is 3.03. The first-order valence-electron chi connectivity index (χ1n) is 13.5. The van der Waals surface area contributed by atoms with E-state index in [0.717, 1.165) is 57.4 Å². The van der Waals surface area contributed by atoms with Crippen LogP contribution in [-0.4, -0.2) is 50.0 Å². The van der Waals surface area contributed by atoms with Gasteiger partial charge in [-0.1, -0.05) is 83.4 Å². The SMILES string of the molecule is Cc1cccc(N(CC(=O)N(Cc2cccc(Br)c2)C(Cc2ccccc2)C(=O)NC2CCCC2)S(C)(=O)=O)c1. The molecule has 40 heavy (non-hydrogen) atoms. The highest BCUT2D eigenvalue weighted by atomic mass is 79.9. The number of rotatable bonds is 11. The molecule has 3 aromatic carbocycles. The van der Waals surface area contributed by atoms with Crippen molar-refractivity contribution in [3.05, 3.63) is 100 Å². The molecule has 7 nitrogen and oxygen atoms in total. The quantitative estimate of drug-likeness (QED) is 0.316. The van der Waals surface area contributed by atoms with Gasteiger partial charge >= 0.3 is 0 Å². The lowest BCUT2D eigenvalue weighted by atomic mass is 10.0. The molecule has 0 aromatic heterocycles. The van der Waals surface area contributed by atoms with Crippen LogP contribution in [0.1, 0.15) is 42.4 Å². The van der Waals surface area contributed by atoms with Crippen molar-refractivity contribution in [1.82, 2.24) is 10.2 Å². The predicted octanol–water partition coefficient (Wildman–Crippen LogP) is 5.22. The maximum absolute atomic E-state index is 14.1. The number of carbonyl (C=O) groups is 2. The van der Waals surface area contributed by atoms with Crippen molar-refractivity contribution in [1.29, 1.82) is 0 Å². The first-order valence-corrected chi connectivity index (χ1v) is 16.2. The third kappa shape index (κ3) is 8.17. The van der Waals surface area contributed by atoms with Crippen molar-refractivity contribution >= 4 is 43.5 Å². The van der Waals surface area contributed by atoms with Crippen LogP contribution in [0.2, 0.25) is 0 Å². The van der Waals surface area contributed by atoms with Crippen molar-refractivity contribution in [3.63, 3.8) is 0 Å². The van der Waals surface area contributed by atoms with E-state index >= 15 is 0 Å². The molecule has 1 fully saturated rings. The monoisotopic (exact) mass is 625 g/mol. The van der Waals surface area contributed by atoms with Crippen molar-refractivity contribution < 1.29 is 18.0 Å². The largest absolute Gasteiger partial charge is 0.352 e. The fraction of sp³-hybridized carbons (Fsp3) is 0.355. The predicted molar refractivity (Wildman–Crippen MR) is 162 cm³/mol. The number of nitrogens with zero attached hydrogens (tertiary/aromatic N) is 2. The maximum Gasteiger partial charge on any atom is 0.244 e. The number of carbonyl (C=O) groups excluding carboxylic acids is 2. The zero-order chi connectivity index (χ0) is 28.7. The van der Waals surface area contributed by atoms with E-state index in [-0.39, 0.29) is 18.5 Å². The molecule has 1 aliphatic carbocycles. The van der Waals surface area contributed by atoms with Gasteiger partial charge in [-0.15, -0.1) is 0 Å². The lowest BCUT2D eigenvalue weighted by Gasteiger charge is -2.34. The smallest absolute Gasteiger partial charge is 0.244 e. The molecule has 3 aromatic rings. The molecule has 1 N–H and O–H groups in total. The van der Waals surface area contributed by atoms with Crippen LogP contribution in [0.25, 0.3) is 0 Å². The number of hydrogen-bond donors (Lipinski definition) is 1. The second-order valence-corrected chi connectivity index (χ2v) is 13.3. The average molecular weight is 627 g/mol. The van der Waals surface area contributed by atoms with E-state index in [4.69, 9.17) is 0 Å². The van der Waals surface area contributed by atoms with Crippen molar-refractivity contribution in [2.45, 2.75) is 57.7 Å². The van der Waals surface area contributed by atoms with Crippen LogP contribution in [0.5, 0.6) is 0 Å². The van der Waals surface area contributed by atoms with Crippen LogP contribution in [0, 0.1) is 6.92 Å². The molecule has 0 saturated heterocycles. The van der Waals surface area contributed by atoms with Gasteiger partial charge in [-0.2, -0.15) is 0 Å². The van der Waals surface area contributed by atoms with Crippen LogP contribution in [0.4, 0.5) is 5.69 Å². The van der Waals surface area contributed by atoms with E-state index in [9.17, 15) is 18.0 Å². The molecular weight excluding hydrogens is 590 g/mol. The second-order valence-electron chi connectivity index (χ2n) is 10.5. The number of hydrogen-bond acceptors (Lipinski definition) is 4. The first-order chi connectivity index (χ1) is 19.1. The minimum absolute atomic E-state index is 0.0772. The van der Waals surface area contributed by atoms with Gasteiger partial charge in [-0.3, -0.25) is 13.9 Å². The van der Waals surface area contributed by atoms with Gasteiger partial charge in [0.15, 0.2) is 0 Å². The van der Waals surface area contributed by atoms with Crippen molar-refractivity contribution in [3.8, 4) is 0 Å². The number of benzene rings is 3. The zero-order valence-corrected chi connectivity index (χ0v) is 25.3. The summed E-state index contributed by atoms with van der Waals surface area (Å²) in [6, 6.07) is 23.5. The molecule has 2 amide bonds. The summed E-state index contributed by atoms with van der Waals surface area (Å²) >= 11 is 3.50. The van der Waals surface area contributed by atoms with Crippen LogP contribution in [0.3, 0.4) is 0 Å². The number of anilines is 1. The topological polar surface area (TPSA) is 86.8 Å². The van der Waals surface area contributed by atoms with E-state index in [1.165, 1.54) is 4.90 Å². The Morgan fingerprint density at radius 3 is 2.27 bits per heavy atom. The molecule has 1 saturated carbocycles. The number of sulfonamides is 1. The van der Waals surface area contributed by atoms with Crippen LogP contribution < -0.4 is 9.62 Å². The van der Waals surface area contributed by atoms with E-state index in [1.54, 1.807) is 18.2 Å². The number of nitrogens with one attached hydrogen (secondary N) is 1. The highest BCUT2D eigenvalue weighted by Crippen LogP contribution is 2.23. The fourth-order valence-corrected chi connectivity index (χ4v) is 6.44. The van der Waals surface area contributed by atoms with Gasteiger partial charge in [0.05, 0.1) is 11.9 Å². The summed E-state index contributed by atoms with van der Waals surface area (Å²) in [4.78, 5) is 29.5. The average Bonchev–Trinajstić information content (AvgIpc) is 3.42. The second kappa shape index (κ2) is 13.5. The van der Waals surface area contributed by atoms with Gasteiger partial charge in [0.1, 0.15) is 12.6 Å². The Morgan fingerprint density at radius 1 is 0.950 bits per heavy atom. The van der Waals surface area contributed by atoms with E-state index in [0.29, 0.717) is 12.1 Å². The number of halogens is 1. The molecule has 4 rings (SSSR count). The Labute approximate surface area is 245 Å². The lowest BCUT2D eigenvalue weighted by molar-refractivity contribution is -0.140. The third-order valence-electron chi connectivity index (χ3n) is 7.18. The van der Waals surface area contributed by atoms with Gasteiger partial charge in [0.2, 0.25) is 21.8 Å². The number of aryl methyl sites for hydroxylation is 1. The molecular formula is C31H36BrN3O4S. The van der Waals surface area contributed by atoms with E-state index in [2.05, 4.69) is 21.2 Å². The van der Waals surface area contributed by atoms with E-state index in [1.807, 2.05) is 67.6 Å². The van der Waals surface area contributed by atoms with Crippen molar-refractivity contribution in [2.24, 2.45) is 0 Å². The van der Waals surface area contributed by atoms with E-state index < -0.39 is 28.5 Å². The summed E-state index contributed by atoms with van der Waals surface area (Å²) in [7, 11) is -3.79. The first kappa shape index (κ1) is 29.8. The summed E-state index contributed by atoms with van der Waals surface area (Å²) in [6.07, 6.45) is 5.36. The summed E-state index contributed by atoms with van der Waals surface area (Å²) < 4.78 is 27.8. The summed E-state index contributed by atoms with van der Waals surface area (Å²) in [6.45, 7) is 1.60. The Hall–Kier alpha value is -3.17. The molecule has 1 unspecified atom stereocenters. The van der Waals surface area contributed by atoms with Gasteiger partial charge in [-0.05, 0) is 60.7 Å². The zero-order valence-electron chi connectivity index (χ0n) is 22.9.